The zero-order valence-corrected chi connectivity index (χ0v) is 11.1. The van der Waals surface area contributed by atoms with Crippen molar-refractivity contribution >= 4 is 16.3 Å². The first-order valence-electron chi connectivity index (χ1n) is 6.60. The molecule has 0 unspecified atom stereocenters. The topological polar surface area (TPSA) is 25.2 Å². The number of nitrogens with zero attached hydrogens (tertiary/aromatic N) is 2. The molecule has 2 heteroatoms. The van der Waals surface area contributed by atoms with Gasteiger partial charge >= 0.3 is 0 Å². The van der Waals surface area contributed by atoms with Crippen LogP contribution in [0.4, 0.5) is 0 Å². The molecule has 0 spiro atoms. The fraction of sp³-hybridized carbons (Fsp3) is 0.176. The maximum Gasteiger partial charge on any atom is 0.0722 e. The second-order valence-corrected chi connectivity index (χ2v) is 5.16. The number of aryl methyl sites for hydroxylation is 2. The van der Waals surface area contributed by atoms with Crippen LogP contribution in [0.3, 0.4) is 0 Å². The van der Waals surface area contributed by atoms with Crippen LogP contribution < -0.4 is 10.6 Å². The van der Waals surface area contributed by atoms with Crippen molar-refractivity contribution in [3.8, 4) is 0 Å². The Bertz CT molecular complexity index is 899. The van der Waals surface area contributed by atoms with E-state index in [1.165, 1.54) is 27.1 Å². The minimum atomic E-state index is 0.985. The van der Waals surface area contributed by atoms with Gasteiger partial charge in [-0.15, -0.1) is 0 Å². The zero-order valence-electron chi connectivity index (χ0n) is 11.1. The molecule has 1 aliphatic carbocycles. The second kappa shape index (κ2) is 3.64. The summed E-state index contributed by atoms with van der Waals surface area (Å²) in [5, 5.41) is 4.94. The van der Waals surface area contributed by atoms with E-state index in [4.69, 9.17) is 4.99 Å². The van der Waals surface area contributed by atoms with Crippen molar-refractivity contribution in [1.82, 2.24) is 4.98 Å². The van der Waals surface area contributed by atoms with Gasteiger partial charge in [-0.05, 0) is 55.0 Å². The number of aromatic nitrogens is 1. The molecule has 0 saturated carbocycles. The maximum absolute atomic E-state index is 4.77. The molecule has 0 radical (unpaired) electrons. The molecule has 2 nitrogen and oxygen atoms in total. The Morgan fingerprint density at radius 1 is 1.16 bits per heavy atom. The largest absolute Gasteiger partial charge is 0.261 e. The monoisotopic (exact) mass is 246 g/mol. The van der Waals surface area contributed by atoms with Gasteiger partial charge in [0.25, 0.3) is 0 Å². The number of hydrogen-bond donors (Lipinski definition) is 0. The van der Waals surface area contributed by atoms with Crippen molar-refractivity contribution in [2.24, 2.45) is 4.99 Å². The molecule has 1 aromatic carbocycles. The number of benzene rings is 1. The summed E-state index contributed by atoms with van der Waals surface area (Å²) in [6, 6.07) is 4.30. The van der Waals surface area contributed by atoms with E-state index in [9.17, 15) is 0 Å². The van der Waals surface area contributed by atoms with Crippen LogP contribution in [0.15, 0.2) is 47.2 Å². The van der Waals surface area contributed by atoms with Gasteiger partial charge in [-0.1, -0.05) is 12.2 Å². The van der Waals surface area contributed by atoms with Crippen LogP contribution in [0, 0.1) is 13.8 Å². The van der Waals surface area contributed by atoms with E-state index in [0.717, 1.165) is 23.2 Å². The van der Waals surface area contributed by atoms with Crippen LogP contribution >= 0.6 is 0 Å². The van der Waals surface area contributed by atoms with Crippen LogP contribution in [0.2, 0.25) is 0 Å². The molecule has 0 saturated heterocycles. The molecule has 92 valence electrons. The highest BCUT2D eigenvalue weighted by Gasteiger charge is 2.16. The van der Waals surface area contributed by atoms with E-state index in [1.54, 1.807) is 0 Å². The number of rotatable bonds is 0. The summed E-state index contributed by atoms with van der Waals surface area (Å²) in [4.78, 5) is 9.16. The average Bonchev–Trinajstić information content (AvgIpc) is 2.79. The first-order valence-corrected chi connectivity index (χ1v) is 6.60. The lowest BCUT2D eigenvalue weighted by Crippen LogP contribution is -2.26. The number of fused-ring (bicyclic) bond motifs is 3. The fourth-order valence-electron chi connectivity index (χ4n) is 3.11. The molecule has 2 heterocycles. The molecular weight excluding hydrogens is 232 g/mol. The van der Waals surface area contributed by atoms with E-state index in [-0.39, 0.29) is 0 Å². The minimum absolute atomic E-state index is 0.985. The maximum atomic E-state index is 4.77. The SMILES string of the molecule is Cc1nccc2c(C)c3c(cc12)=NC1=CC=CCC=31. The van der Waals surface area contributed by atoms with Crippen LogP contribution in [0.5, 0.6) is 0 Å². The van der Waals surface area contributed by atoms with Crippen LogP contribution in [0.25, 0.3) is 16.3 Å². The van der Waals surface area contributed by atoms with Gasteiger partial charge in [-0.3, -0.25) is 4.98 Å². The van der Waals surface area contributed by atoms with E-state index >= 15 is 0 Å². The summed E-state index contributed by atoms with van der Waals surface area (Å²) in [6.07, 6.45) is 9.28. The summed E-state index contributed by atoms with van der Waals surface area (Å²) < 4.78 is 0. The third kappa shape index (κ3) is 1.37. The Balaban J connectivity index is 2.26. The summed E-state index contributed by atoms with van der Waals surface area (Å²) >= 11 is 0. The highest BCUT2D eigenvalue weighted by atomic mass is 14.8. The van der Waals surface area contributed by atoms with Crippen molar-refractivity contribution in [3.05, 3.63) is 64.1 Å². The molecule has 0 atom stereocenters. The average molecular weight is 246 g/mol. The molecule has 0 fully saturated rings. The predicted molar refractivity (Wildman–Crippen MR) is 77.2 cm³/mol. The third-order valence-electron chi connectivity index (χ3n) is 4.07. The summed E-state index contributed by atoms with van der Waals surface area (Å²) in [7, 11) is 0. The van der Waals surface area contributed by atoms with E-state index < -0.39 is 0 Å². The van der Waals surface area contributed by atoms with Gasteiger partial charge in [0, 0.05) is 22.5 Å². The molecule has 0 amide bonds. The number of hydrogen-bond acceptors (Lipinski definition) is 2. The van der Waals surface area contributed by atoms with E-state index in [1.807, 2.05) is 6.20 Å². The molecule has 0 N–H and O–H groups in total. The van der Waals surface area contributed by atoms with Crippen molar-refractivity contribution < 1.29 is 0 Å². The Morgan fingerprint density at radius 2 is 2.05 bits per heavy atom. The van der Waals surface area contributed by atoms with E-state index in [2.05, 4.69) is 49.2 Å². The lowest BCUT2D eigenvalue weighted by Gasteiger charge is -2.07. The van der Waals surface area contributed by atoms with Gasteiger partial charge < -0.3 is 0 Å². The van der Waals surface area contributed by atoms with Crippen LogP contribution in [0.1, 0.15) is 17.7 Å². The van der Waals surface area contributed by atoms with Gasteiger partial charge in [-0.2, -0.15) is 0 Å². The zero-order chi connectivity index (χ0) is 13.0. The Labute approximate surface area is 111 Å². The van der Waals surface area contributed by atoms with Gasteiger partial charge in [0.15, 0.2) is 0 Å². The van der Waals surface area contributed by atoms with E-state index in [0.29, 0.717) is 0 Å². The van der Waals surface area contributed by atoms with Gasteiger partial charge in [0.2, 0.25) is 0 Å². The fourth-order valence-corrected chi connectivity index (χ4v) is 3.11. The molecule has 19 heavy (non-hydrogen) atoms. The first-order chi connectivity index (χ1) is 9.25. The molecule has 4 rings (SSSR count). The lowest BCUT2D eigenvalue weighted by molar-refractivity contribution is 1.22. The minimum Gasteiger partial charge on any atom is -0.261 e. The molecule has 1 aliphatic heterocycles. The smallest absolute Gasteiger partial charge is 0.0722 e. The van der Waals surface area contributed by atoms with Crippen molar-refractivity contribution in [2.45, 2.75) is 20.3 Å². The van der Waals surface area contributed by atoms with Crippen molar-refractivity contribution in [3.63, 3.8) is 0 Å². The highest BCUT2D eigenvalue weighted by molar-refractivity contribution is 5.89. The Kier molecular flexibility index (Phi) is 2.05. The summed E-state index contributed by atoms with van der Waals surface area (Å²) in [6.45, 7) is 4.26. The number of pyridine rings is 1. The molecule has 1 aromatic heterocycles. The highest BCUT2D eigenvalue weighted by Crippen LogP contribution is 2.25. The van der Waals surface area contributed by atoms with Crippen molar-refractivity contribution in [2.75, 3.05) is 0 Å². The standard InChI is InChI=1S/C17H14N2/c1-10-12-7-8-18-11(2)14(12)9-16-17(10)13-5-3-4-6-15(13)19-16/h3-4,6-9H,5H2,1-2H3. The first kappa shape index (κ1) is 10.7. The van der Waals surface area contributed by atoms with Crippen molar-refractivity contribution in [1.29, 1.82) is 0 Å². The third-order valence-corrected chi connectivity index (χ3v) is 4.07. The van der Waals surface area contributed by atoms with Gasteiger partial charge in [0.05, 0.1) is 11.1 Å². The Morgan fingerprint density at radius 3 is 2.95 bits per heavy atom. The van der Waals surface area contributed by atoms with Crippen LogP contribution in [-0.4, -0.2) is 4.98 Å². The second-order valence-electron chi connectivity index (χ2n) is 5.16. The molecular formula is C17H14N2. The molecule has 0 bridgehead atoms. The quantitative estimate of drug-likeness (QED) is 0.701. The predicted octanol–water partition coefficient (Wildman–Crippen LogP) is 2.48. The number of allylic oxidation sites excluding steroid dienone is 4. The van der Waals surface area contributed by atoms with Crippen LogP contribution in [-0.2, 0) is 0 Å². The normalized spacial score (nSPS) is 16.1. The summed E-state index contributed by atoms with van der Waals surface area (Å²) in [5.41, 5.74) is 4.90. The summed E-state index contributed by atoms with van der Waals surface area (Å²) in [5.74, 6) is 0. The molecule has 2 aromatic rings. The van der Waals surface area contributed by atoms with Gasteiger partial charge in [0.1, 0.15) is 0 Å². The van der Waals surface area contributed by atoms with Gasteiger partial charge in [-0.25, -0.2) is 4.99 Å². The Hall–Kier alpha value is -2.22. The molecule has 2 aliphatic rings. The lowest BCUT2D eigenvalue weighted by atomic mass is 9.97.